The summed E-state index contributed by atoms with van der Waals surface area (Å²) >= 11 is 0. The lowest BCUT2D eigenvalue weighted by atomic mass is 9.98. The Morgan fingerprint density at radius 2 is 0.976 bits per heavy atom. The smallest absolute Gasteiger partial charge is 0.255 e. The first-order valence-electron chi connectivity index (χ1n) is 13.5. The highest BCUT2D eigenvalue weighted by Gasteiger charge is 2.28. The Labute approximate surface area is 241 Å². The fourth-order valence-corrected chi connectivity index (χ4v) is 4.96. The molecule has 4 heterocycles. The van der Waals surface area contributed by atoms with Gasteiger partial charge in [-0.15, -0.1) is 0 Å². The van der Waals surface area contributed by atoms with E-state index in [0.29, 0.717) is 11.9 Å². The first-order chi connectivity index (χ1) is 20.6. The number of para-hydroxylation sites is 2. The van der Waals surface area contributed by atoms with Crippen LogP contribution in [0.3, 0.4) is 0 Å². The van der Waals surface area contributed by atoms with Gasteiger partial charge >= 0.3 is 0 Å². The number of hydrogen-bond donors (Lipinski definition) is 6. The van der Waals surface area contributed by atoms with Crippen molar-refractivity contribution in [1.29, 1.82) is 0 Å². The number of guanidine groups is 2. The molecule has 0 spiro atoms. The number of amides is 2. The lowest BCUT2D eigenvalue weighted by Crippen LogP contribution is -2.32. The molecule has 4 aliphatic rings. The van der Waals surface area contributed by atoms with E-state index in [1.807, 2.05) is 97.1 Å². The number of nitrogens with zero attached hydrogens (tertiary/aromatic N) is 2. The average Bonchev–Trinajstić information content (AvgIpc) is 3.53. The zero-order chi connectivity index (χ0) is 28.5. The summed E-state index contributed by atoms with van der Waals surface area (Å²) in [6, 6.07) is 21.8. The van der Waals surface area contributed by atoms with Crippen LogP contribution in [0.2, 0.25) is 0 Å². The zero-order valence-electron chi connectivity index (χ0n) is 22.3. The maximum Gasteiger partial charge on any atom is 0.255 e. The van der Waals surface area contributed by atoms with Gasteiger partial charge in [0.1, 0.15) is 0 Å². The quantitative estimate of drug-likeness (QED) is 0.286. The maximum atomic E-state index is 12.6. The van der Waals surface area contributed by atoms with Crippen LogP contribution in [0.4, 0.5) is 22.7 Å². The highest BCUT2D eigenvalue weighted by Crippen LogP contribution is 2.39. The van der Waals surface area contributed by atoms with Crippen LogP contribution in [-0.4, -0.2) is 35.8 Å². The van der Waals surface area contributed by atoms with Gasteiger partial charge in [0.05, 0.1) is 11.4 Å². The highest BCUT2D eigenvalue weighted by atomic mass is 16.2. The van der Waals surface area contributed by atoms with Gasteiger partial charge in [-0.05, 0) is 48.6 Å². The minimum absolute atomic E-state index is 0.209. The molecule has 10 nitrogen and oxygen atoms in total. The average molecular weight is 555 g/mol. The lowest BCUT2D eigenvalue weighted by Gasteiger charge is -2.25. The largest absolute Gasteiger partial charge is 0.354 e. The van der Waals surface area contributed by atoms with Crippen molar-refractivity contribution in [2.24, 2.45) is 9.98 Å². The summed E-state index contributed by atoms with van der Waals surface area (Å²) in [6.07, 6.45) is 11.4. The molecule has 0 saturated carbocycles. The molecule has 2 unspecified atom stereocenters. The van der Waals surface area contributed by atoms with E-state index < -0.39 is 12.1 Å². The second kappa shape index (κ2) is 10.6. The number of benzene rings is 3. The fraction of sp³-hybridized carbons (Fsp3) is 0.0625. The summed E-state index contributed by atoms with van der Waals surface area (Å²) in [5.74, 6) is 0.403. The van der Waals surface area contributed by atoms with Crippen LogP contribution in [0.25, 0.3) is 12.2 Å². The van der Waals surface area contributed by atoms with E-state index in [1.54, 1.807) is 12.2 Å². The predicted octanol–water partition coefficient (Wildman–Crippen LogP) is 4.26. The van der Waals surface area contributed by atoms with Crippen molar-refractivity contribution in [3.8, 4) is 0 Å². The number of allylic oxidation sites excluding steroid dienone is 2. The van der Waals surface area contributed by atoms with Crippen molar-refractivity contribution in [2.45, 2.75) is 12.1 Å². The van der Waals surface area contributed by atoms with Gasteiger partial charge in [-0.1, -0.05) is 60.7 Å². The second-order valence-electron chi connectivity index (χ2n) is 9.96. The number of aliphatic imine (C=N–C) groups is 2. The van der Waals surface area contributed by atoms with Crippen molar-refractivity contribution in [1.82, 2.24) is 10.6 Å². The van der Waals surface area contributed by atoms with Gasteiger partial charge in [-0.3, -0.25) is 20.2 Å². The van der Waals surface area contributed by atoms with E-state index in [2.05, 4.69) is 41.9 Å². The van der Waals surface area contributed by atoms with Crippen molar-refractivity contribution < 1.29 is 9.59 Å². The molecular weight excluding hydrogens is 528 g/mol. The molecule has 0 radical (unpaired) electrons. The Kier molecular flexibility index (Phi) is 6.32. The summed E-state index contributed by atoms with van der Waals surface area (Å²) in [5.41, 5.74) is 6.90. The molecule has 2 amide bonds. The molecule has 0 fully saturated rings. The van der Waals surface area contributed by atoms with Crippen LogP contribution in [0.15, 0.2) is 118 Å². The number of fused-ring (bicyclic) bond motifs is 3. The van der Waals surface area contributed by atoms with Crippen molar-refractivity contribution in [3.63, 3.8) is 0 Å². The van der Waals surface area contributed by atoms with Gasteiger partial charge in [0, 0.05) is 33.9 Å². The second-order valence-corrected chi connectivity index (χ2v) is 9.96. The maximum absolute atomic E-state index is 12.6. The minimum Gasteiger partial charge on any atom is -0.354 e. The molecule has 0 aliphatic carbocycles. The first kappa shape index (κ1) is 25.1. The molecule has 7 rings (SSSR count). The van der Waals surface area contributed by atoms with E-state index in [9.17, 15) is 9.59 Å². The van der Waals surface area contributed by atoms with E-state index in [4.69, 9.17) is 0 Å². The SMILES string of the molecule is O=C1NC(Nc2ccccc2)=NC1/C=C1/C=Cc2ccc3c(c2N1)N/C(=C\C1N=C(Nc2ccccc2)NC1=O)C=C3. The standard InChI is InChI=1S/C32H26N8O2/c41-29-25(37-31(39-29)35-21-7-3-1-4-8-21)17-23-15-13-19-11-12-20-14-16-24(34-28(20)27(19)33-23)18-26-30(42)40-32(38-26)36-22-9-5-2-6-10-22/h1-18,25-26,33-34H,(H2,35,37,39,41)(H2,36,38,40,42)/b23-17-,24-18-. The summed E-state index contributed by atoms with van der Waals surface area (Å²) in [6.45, 7) is 0. The molecule has 0 saturated heterocycles. The van der Waals surface area contributed by atoms with Crippen LogP contribution in [0.5, 0.6) is 0 Å². The molecule has 0 bridgehead atoms. The van der Waals surface area contributed by atoms with Gasteiger partial charge in [0.15, 0.2) is 12.1 Å². The van der Waals surface area contributed by atoms with Crippen LogP contribution >= 0.6 is 0 Å². The van der Waals surface area contributed by atoms with E-state index in [-0.39, 0.29) is 11.8 Å². The summed E-state index contributed by atoms with van der Waals surface area (Å²) in [7, 11) is 0. The van der Waals surface area contributed by atoms with E-state index >= 15 is 0 Å². The molecule has 3 aromatic rings. The summed E-state index contributed by atoms with van der Waals surface area (Å²) < 4.78 is 0. The van der Waals surface area contributed by atoms with E-state index in [0.717, 1.165) is 45.3 Å². The molecule has 0 aromatic heterocycles. The third kappa shape index (κ3) is 5.16. The number of hydrogen-bond acceptors (Lipinski definition) is 8. The number of nitrogens with one attached hydrogen (secondary N) is 6. The van der Waals surface area contributed by atoms with Crippen molar-refractivity contribution in [2.75, 3.05) is 21.3 Å². The van der Waals surface area contributed by atoms with Gasteiger partial charge in [0.2, 0.25) is 11.9 Å². The van der Waals surface area contributed by atoms with E-state index in [1.165, 1.54) is 0 Å². The predicted molar refractivity (Wildman–Crippen MR) is 167 cm³/mol. The fourth-order valence-electron chi connectivity index (χ4n) is 4.96. The Hall–Kier alpha value is -5.90. The summed E-state index contributed by atoms with van der Waals surface area (Å²) in [4.78, 5) is 34.3. The first-order valence-corrected chi connectivity index (χ1v) is 13.5. The van der Waals surface area contributed by atoms with Gasteiger partial charge in [-0.2, -0.15) is 0 Å². The number of rotatable bonds is 4. The monoisotopic (exact) mass is 554 g/mol. The number of carbonyl (C=O) groups excluding carboxylic acids is 2. The Morgan fingerprint density at radius 1 is 0.548 bits per heavy atom. The zero-order valence-corrected chi connectivity index (χ0v) is 22.3. The number of anilines is 4. The van der Waals surface area contributed by atoms with Crippen molar-refractivity contribution >= 4 is 58.6 Å². The van der Waals surface area contributed by atoms with Crippen LogP contribution in [0, 0.1) is 0 Å². The van der Waals surface area contributed by atoms with Crippen LogP contribution < -0.4 is 31.9 Å². The highest BCUT2D eigenvalue weighted by molar-refractivity contribution is 6.12. The molecule has 2 atom stereocenters. The van der Waals surface area contributed by atoms with Crippen molar-refractivity contribution in [3.05, 3.63) is 120 Å². The molecule has 42 heavy (non-hydrogen) atoms. The third-order valence-corrected chi connectivity index (χ3v) is 7.00. The minimum atomic E-state index is -0.676. The Morgan fingerprint density at radius 3 is 1.40 bits per heavy atom. The molecule has 206 valence electrons. The molecule has 10 heteroatoms. The normalized spacial score (nSPS) is 21.9. The van der Waals surface area contributed by atoms with Gasteiger partial charge in [0.25, 0.3) is 11.8 Å². The molecule has 4 aliphatic heterocycles. The van der Waals surface area contributed by atoms with Crippen LogP contribution in [0.1, 0.15) is 11.1 Å². The topological polar surface area (TPSA) is 131 Å². The molecule has 3 aromatic carbocycles. The van der Waals surface area contributed by atoms with Gasteiger partial charge in [-0.25, -0.2) is 9.98 Å². The Balaban J connectivity index is 1.09. The number of carbonyl (C=O) groups is 2. The third-order valence-electron chi connectivity index (χ3n) is 7.00. The van der Waals surface area contributed by atoms with Crippen LogP contribution in [-0.2, 0) is 9.59 Å². The lowest BCUT2D eigenvalue weighted by molar-refractivity contribution is -0.120. The Bertz CT molecular complexity index is 1640. The molecule has 6 N–H and O–H groups in total. The molecular formula is C32H26N8O2. The summed E-state index contributed by atoms with van der Waals surface area (Å²) in [5, 5.41) is 18.8. The van der Waals surface area contributed by atoms with Gasteiger partial charge < -0.3 is 21.3 Å².